The third-order valence-corrected chi connectivity index (χ3v) is 3.04. The van der Waals surface area contributed by atoms with Gasteiger partial charge in [0, 0.05) is 6.20 Å². The van der Waals surface area contributed by atoms with Gasteiger partial charge in [-0.2, -0.15) is 0 Å². The average Bonchev–Trinajstić information content (AvgIpc) is 2.83. The Morgan fingerprint density at radius 3 is 2.43 bits per heavy atom. The smallest absolute Gasteiger partial charge is 0.339 e. The average molecular weight is 400 g/mol. The Labute approximate surface area is 142 Å². The molecule has 0 bridgehead atoms. The number of rotatable bonds is 4. The van der Waals surface area contributed by atoms with Gasteiger partial charge in [-0.1, -0.05) is 12.1 Å². The number of para-hydroxylation sites is 1. The van der Waals surface area contributed by atoms with E-state index in [9.17, 15) is 4.79 Å². The quantitative estimate of drug-likeness (QED) is 0.393. The lowest BCUT2D eigenvalue weighted by Gasteiger charge is -2.25. The summed E-state index contributed by atoms with van der Waals surface area (Å²) in [6.07, 6.45) is 1.98. The van der Waals surface area contributed by atoms with Crippen molar-refractivity contribution in [2.45, 2.75) is 6.54 Å². The van der Waals surface area contributed by atoms with E-state index in [2.05, 4.69) is 31.8 Å². The van der Waals surface area contributed by atoms with Crippen LogP contribution in [-0.2, 0) is 11.3 Å². The van der Waals surface area contributed by atoms with Crippen LogP contribution in [0.3, 0.4) is 0 Å². The minimum atomic E-state index is -0.314. The van der Waals surface area contributed by atoms with E-state index in [0.717, 1.165) is 22.4 Å². The first-order valence-corrected chi connectivity index (χ1v) is 6.57. The normalized spacial score (nSPS) is 10.9. The van der Waals surface area contributed by atoms with E-state index >= 15 is 0 Å². The van der Waals surface area contributed by atoms with Crippen molar-refractivity contribution in [1.29, 1.82) is 0 Å². The van der Waals surface area contributed by atoms with Gasteiger partial charge in [0.05, 0.1) is 45.2 Å². The number of nitrogens with zero attached hydrogens (tertiary/aromatic N) is 2. The van der Waals surface area contributed by atoms with Gasteiger partial charge in [-0.05, 0) is 24.3 Å². The first-order valence-electron chi connectivity index (χ1n) is 6.57. The topological polar surface area (TPSA) is 31.2 Å². The lowest BCUT2D eigenvalue weighted by atomic mass is 10.1. The Kier molecular flexibility index (Phi) is 5.98. The summed E-state index contributed by atoms with van der Waals surface area (Å²) in [6.45, 7) is 0.877. The van der Waals surface area contributed by atoms with Gasteiger partial charge in [0.15, 0.2) is 0 Å². The minimum absolute atomic E-state index is 0. The van der Waals surface area contributed by atoms with E-state index in [-0.39, 0.29) is 29.9 Å². The molecule has 0 spiro atoms. The van der Waals surface area contributed by atoms with Crippen molar-refractivity contribution < 1.29 is 38.0 Å². The zero-order valence-electron chi connectivity index (χ0n) is 12.8. The second-order valence-corrected chi connectivity index (χ2v) is 5.83. The summed E-state index contributed by atoms with van der Waals surface area (Å²) in [5.41, 5.74) is 2.59. The van der Waals surface area contributed by atoms with Crippen LogP contribution in [0.4, 0.5) is 0 Å². The number of ether oxygens (including phenoxy) is 1. The van der Waals surface area contributed by atoms with Crippen LogP contribution in [0.5, 0.6) is 0 Å². The maximum absolute atomic E-state index is 11.9. The molecule has 0 fully saturated rings. The molecule has 0 atom stereocenters. The second kappa shape index (κ2) is 7.09. The summed E-state index contributed by atoms with van der Waals surface area (Å²) in [5, 5.41) is 0. The molecule has 4 nitrogen and oxygen atoms in total. The number of carbonyl (C=O) groups is 1. The standard InChI is InChI=1S/C16H21N2O2.HI/c1-18(2,3)12-13-8-7-11-17(13)15-10-6-5-9-14(15)16(19)20-4;/h5-11H,12H2,1-4H3;1H/q+1;/p-1. The van der Waals surface area contributed by atoms with Gasteiger partial charge in [-0.25, -0.2) is 4.79 Å². The fourth-order valence-corrected chi connectivity index (χ4v) is 2.23. The van der Waals surface area contributed by atoms with E-state index in [4.69, 9.17) is 4.74 Å². The molecule has 0 amide bonds. The lowest BCUT2D eigenvalue weighted by molar-refractivity contribution is -0.884. The largest absolute Gasteiger partial charge is 1.00 e. The van der Waals surface area contributed by atoms with Crippen LogP contribution < -0.4 is 24.0 Å². The van der Waals surface area contributed by atoms with Crippen molar-refractivity contribution in [3.63, 3.8) is 0 Å². The maximum atomic E-state index is 11.9. The molecule has 2 aromatic rings. The second-order valence-electron chi connectivity index (χ2n) is 5.83. The SMILES string of the molecule is COC(=O)c1ccccc1-n1cccc1C[N+](C)(C)C.[I-]. The third kappa shape index (κ3) is 4.31. The molecule has 0 N–H and O–H groups in total. The predicted octanol–water partition coefficient (Wildman–Crippen LogP) is -0.526. The van der Waals surface area contributed by atoms with E-state index in [1.165, 1.54) is 7.11 Å². The molecular weight excluding hydrogens is 379 g/mol. The van der Waals surface area contributed by atoms with Gasteiger partial charge < -0.3 is 37.8 Å². The number of methoxy groups -OCH3 is 1. The molecule has 0 radical (unpaired) electrons. The lowest BCUT2D eigenvalue weighted by Crippen LogP contribution is -3.00. The van der Waals surface area contributed by atoms with E-state index in [0.29, 0.717) is 5.56 Å². The van der Waals surface area contributed by atoms with Crippen LogP contribution in [0.1, 0.15) is 16.1 Å². The van der Waals surface area contributed by atoms with E-state index in [1.807, 2.05) is 30.5 Å². The first kappa shape index (κ1) is 17.7. The monoisotopic (exact) mass is 400 g/mol. The third-order valence-electron chi connectivity index (χ3n) is 3.04. The Hall–Kier alpha value is -1.34. The number of aromatic nitrogens is 1. The van der Waals surface area contributed by atoms with Gasteiger partial charge in [0.25, 0.3) is 0 Å². The van der Waals surface area contributed by atoms with E-state index in [1.54, 1.807) is 6.07 Å². The van der Waals surface area contributed by atoms with Crippen molar-refractivity contribution in [2.75, 3.05) is 28.3 Å². The number of quaternary nitrogens is 1. The minimum Gasteiger partial charge on any atom is -1.00 e. The van der Waals surface area contributed by atoms with Crippen LogP contribution in [-0.4, -0.2) is 43.3 Å². The van der Waals surface area contributed by atoms with Crippen molar-refractivity contribution in [3.8, 4) is 5.69 Å². The number of carbonyl (C=O) groups excluding carboxylic acids is 1. The Morgan fingerprint density at radius 1 is 1.14 bits per heavy atom. The Bertz CT molecular complexity index is 615. The highest BCUT2D eigenvalue weighted by Gasteiger charge is 2.17. The maximum Gasteiger partial charge on any atom is 0.339 e. The van der Waals surface area contributed by atoms with Crippen molar-refractivity contribution >= 4 is 5.97 Å². The summed E-state index contributed by atoms with van der Waals surface area (Å²) in [6, 6.07) is 11.6. The van der Waals surface area contributed by atoms with Crippen LogP contribution >= 0.6 is 0 Å². The molecule has 0 aliphatic carbocycles. The Balaban J connectivity index is 0.00000220. The molecule has 21 heavy (non-hydrogen) atoms. The molecule has 114 valence electrons. The summed E-state index contributed by atoms with van der Waals surface area (Å²) in [5.74, 6) is -0.314. The molecule has 2 rings (SSSR count). The summed E-state index contributed by atoms with van der Waals surface area (Å²) in [4.78, 5) is 11.9. The highest BCUT2D eigenvalue weighted by Crippen LogP contribution is 2.20. The summed E-state index contributed by atoms with van der Waals surface area (Å²) < 4.78 is 7.73. The predicted molar refractivity (Wildman–Crippen MR) is 78.8 cm³/mol. The number of hydrogen-bond donors (Lipinski definition) is 0. The number of halogens is 1. The molecule has 5 heteroatoms. The number of benzene rings is 1. The highest BCUT2D eigenvalue weighted by atomic mass is 127. The van der Waals surface area contributed by atoms with Crippen molar-refractivity contribution in [2.24, 2.45) is 0 Å². The van der Waals surface area contributed by atoms with Gasteiger partial charge in [-0.3, -0.25) is 0 Å². The summed E-state index contributed by atoms with van der Waals surface area (Å²) in [7, 11) is 7.83. The molecule has 0 saturated heterocycles. The van der Waals surface area contributed by atoms with Crippen molar-refractivity contribution in [3.05, 3.63) is 53.9 Å². The van der Waals surface area contributed by atoms with Gasteiger partial charge in [0.2, 0.25) is 0 Å². The van der Waals surface area contributed by atoms with E-state index < -0.39 is 0 Å². The fourth-order valence-electron chi connectivity index (χ4n) is 2.23. The number of hydrogen-bond acceptors (Lipinski definition) is 2. The van der Waals surface area contributed by atoms with Crippen LogP contribution in [0, 0.1) is 0 Å². The zero-order chi connectivity index (χ0) is 14.8. The molecule has 1 aromatic carbocycles. The van der Waals surface area contributed by atoms with Gasteiger partial charge >= 0.3 is 5.97 Å². The molecule has 0 aliphatic heterocycles. The highest BCUT2D eigenvalue weighted by molar-refractivity contribution is 5.93. The fraction of sp³-hybridized carbons (Fsp3) is 0.312. The zero-order valence-corrected chi connectivity index (χ0v) is 15.0. The molecule has 1 aromatic heterocycles. The number of esters is 1. The first-order chi connectivity index (χ1) is 9.42. The van der Waals surface area contributed by atoms with Gasteiger partial charge in [0.1, 0.15) is 6.54 Å². The van der Waals surface area contributed by atoms with Crippen molar-refractivity contribution in [1.82, 2.24) is 4.57 Å². The molecule has 0 aliphatic rings. The molecular formula is C16H21IN2O2. The van der Waals surface area contributed by atoms with Crippen LogP contribution in [0.25, 0.3) is 5.69 Å². The van der Waals surface area contributed by atoms with Gasteiger partial charge in [-0.15, -0.1) is 0 Å². The van der Waals surface area contributed by atoms with Crippen LogP contribution in [0.15, 0.2) is 42.6 Å². The summed E-state index contributed by atoms with van der Waals surface area (Å²) >= 11 is 0. The molecule has 0 unspecified atom stereocenters. The molecule has 1 heterocycles. The Morgan fingerprint density at radius 2 is 1.81 bits per heavy atom. The molecule has 0 saturated carbocycles. The van der Waals surface area contributed by atoms with Crippen LogP contribution in [0.2, 0.25) is 0 Å².